The molecule has 6 heteroatoms. The van der Waals surface area contributed by atoms with Gasteiger partial charge in [-0.1, -0.05) is 12.1 Å². The quantitative estimate of drug-likeness (QED) is 0.824. The van der Waals surface area contributed by atoms with Crippen LogP contribution < -0.4 is 10.9 Å². The Morgan fingerprint density at radius 2 is 1.84 bits per heavy atom. The van der Waals surface area contributed by atoms with Gasteiger partial charge in [0.2, 0.25) is 0 Å². The number of amides is 2. The third-order valence-corrected chi connectivity index (χ3v) is 3.69. The number of nitrogens with zero attached hydrogens (tertiary/aromatic N) is 1. The number of rotatable bonds is 3. The summed E-state index contributed by atoms with van der Waals surface area (Å²) in [4.78, 5) is 25.5. The SMILES string of the molecule is O=C(CN1CCCC1)NNC(=O)c1ccccc1Br. The Kier molecular flexibility index (Phi) is 4.93. The Morgan fingerprint density at radius 1 is 1.16 bits per heavy atom. The summed E-state index contributed by atoms with van der Waals surface area (Å²) in [5, 5.41) is 0. The number of hydrazine groups is 1. The second kappa shape index (κ2) is 6.68. The van der Waals surface area contributed by atoms with Gasteiger partial charge in [0, 0.05) is 4.47 Å². The Hall–Kier alpha value is -1.40. The van der Waals surface area contributed by atoms with E-state index in [1.54, 1.807) is 18.2 Å². The standard InChI is InChI=1S/C13H16BrN3O2/c14-11-6-2-1-5-10(11)13(19)16-15-12(18)9-17-7-3-4-8-17/h1-2,5-6H,3-4,7-9H2,(H,15,18)(H,16,19). The molecule has 2 N–H and O–H groups in total. The van der Waals surface area contributed by atoms with Crippen molar-refractivity contribution in [3.05, 3.63) is 34.3 Å². The van der Waals surface area contributed by atoms with Crippen molar-refractivity contribution in [2.45, 2.75) is 12.8 Å². The maximum absolute atomic E-state index is 11.8. The van der Waals surface area contributed by atoms with Crippen molar-refractivity contribution in [3.8, 4) is 0 Å². The molecule has 1 aromatic rings. The molecule has 0 spiro atoms. The highest BCUT2D eigenvalue weighted by molar-refractivity contribution is 9.10. The number of carbonyl (C=O) groups excluding carboxylic acids is 2. The van der Waals surface area contributed by atoms with Gasteiger partial charge in [0.25, 0.3) is 11.8 Å². The Labute approximate surface area is 120 Å². The molecular formula is C13H16BrN3O2. The van der Waals surface area contributed by atoms with Gasteiger partial charge in [0.05, 0.1) is 12.1 Å². The summed E-state index contributed by atoms with van der Waals surface area (Å²) in [6.07, 6.45) is 2.27. The van der Waals surface area contributed by atoms with Crippen LogP contribution in [0.1, 0.15) is 23.2 Å². The molecule has 0 atom stereocenters. The summed E-state index contributed by atoms with van der Waals surface area (Å²) in [6.45, 7) is 2.23. The predicted octanol–water partition coefficient (Wildman–Crippen LogP) is 1.31. The topological polar surface area (TPSA) is 61.4 Å². The molecule has 5 nitrogen and oxygen atoms in total. The summed E-state index contributed by atoms with van der Waals surface area (Å²) in [5.74, 6) is -0.524. The molecule has 1 heterocycles. The van der Waals surface area contributed by atoms with E-state index in [1.165, 1.54) is 0 Å². The molecule has 0 radical (unpaired) electrons. The van der Waals surface area contributed by atoms with E-state index in [9.17, 15) is 9.59 Å². The minimum absolute atomic E-state index is 0.192. The van der Waals surface area contributed by atoms with Crippen molar-refractivity contribution in [1.29, 1.82) is 0 Å². The molecule has 1 aliphatic heterocycles. The zero-order valence-electron chi connectivity index (χ0n) is 10.5. The number of benzene rings is 1. The van der Waals surface area contributed by atoms with Gasteiger partial charge >= 0.3 is 0 Å². The average molecular weight is 326 g/mol. The number of hydrogen-bond donors (Lipinski definition) is 2. The van der Waals surface area contributed by atoms with Gasteiger partial charge < -0.3 is 0 Å². The second-order valence-electron chi connectivity index (χ2n) is 4.47. The zero-order chi connectivity index (χ0) is 13.7. The first-order chi connectivity index (χ1) is 9.16. The smallest absolute Gasteiger partial charge is 0.270 e. The molecule has 0 aromatic heterocycles. The van der Waals surface area contributed by atoms with Crippen LogP contribution in [0, 0.1) is 0 Å². The first-order valence-corrected chi connectivity index (χ1v) is 7.02. The van der Waals surface area contributed by atoms with Crippen molar-refractivity contribution in [1.82, 2.24) is 15.8 Å². The Bertz CT molecular complexity index is 473. The molecule has 2 amide bonds. The number of carbonyl (C=O) groups is 2. The maximum atomic E-state index is 11.8. The van der Waals surface area contributed by atoms with Gasteiger partial charge in [-0.2, -0.15) is 0 Å². The van der Waals surface area contributed by atoms with Gasteiger partial charge in [-0.3, -0.25) is 25.3 Å². The summed E-state index contributed by atoms with van der Waals surface area (Å²) < 4.78 is 0.696. The van der Waals surface area contributed by atoms with Crippen LogP contribution >= 0.6 is 15.9 Å². The molecule has 1 aromatic carbocycles. The van der Waals surface area contributed by atoms with E-state index in [-0.39, 0.29) is 11.8 Å². The lowest BCUT2D eigenvalue weighted by Crippen LogP contribution is -2.46. The maximum Gasteiger partial charge on any atom is 0.270 e. The lowest BCUT2D eigenvalue weighted by atomic mass is 10.2. The third kappa shape index (κ3) is 4.04. The summed E-state index contributed by atoms with van der Waals surface area (Å²) in [7, 11) is 0. The molecule has 0 saturated carbocycles. The molecule has 2 rings (SSSR count). The fourth-order valence-corrected chi connectivity index (χ4v) is 2.49. The minimum Gasteiger partial charge on any atom is -0.294 e. The van der Waals surface area contributed by atoms with E-state index in [4.69, 9.17) is 0 Å². The van der Waals surface area contributed by atoms with Crippen molar-refractivity contribution in [2.24, 2.45) is 0 Å². The highest BCUT2D eigenvalue weighted by Gasteiger charge is 2.16. The molecule has 0 aliphatic carbocycles. The minimum atomic E-state index is -0.331. The zero-order valence-corrected chi connectivity index (χ0v) is 12.1. The predicted molar refractivity (Wildman–Crippen MR) is 75.4 cm³/mol. The first kappa shape index (κ1) is 14.0. The molecule has 19 heavy (non-hydrogen) atoms. The molecule has 1 aliphatic rings. The van der Waals surface area contributed by atoms with Crippen molar-refractivity contribution < 1.29 is 9.59 Å². The lowest BCUT2D eigenvalue weighted by Gasteiger charge is -2.14. The van der Waals surface area contributed by atoms with E-state index in [1.807, 2.05) is 6.07 Å². The van der Waals surface area contributed by atoms with Crippen LogP contribution in [0.25, 0.3) is 0 Å². The van der Waals surface area contributed by atoms with E-state index in [0.29, 0.717) is 16.6 Å². The Balaban J connectivity index is 1.80. The van der Waals surface area contributed by atoms with Crippen LogP contribution in [0.15, 0.2) is 28.7 Å². The van der Waals surface area contributed by atoms with Crippen LogP contribution in [0.3, 0.4) is 0 Å². The molecule has 0 bridgehead atoms. The first-order valence-electron chi connectivity index (χ1n) is 6.23. The number of likely N-dealkylation sites (tertiary alicyclic amines) is 1. The lowest BCUT2D eigenvalue weighted by molar-refractivity contribution is -0.122. The average Bonchev–Trinajstić information content (AvgIpc) is 2.89. The molecular weight excluding hydrogens is 310 g/mol. The third-order valence-electron chi connectivity index (χ3n) is 3.00. The van der Waals surface area contributed by atoms with Gasteiger partial charge in [-0.25, -0.2) is 0 Å². The number of nitrogens with one attached hydrogen (secondary N) is 2. The number of halogens is 1. The monoisotopic (exact) mass is 325 g/mol. The summed E-state index contributed by atoms with van der Waals surface area (Å²) in [6, 6.07) is 7.06. The van der Waals surface area contributed by atoms with Crippen LogP contribution in [0.5, 0.6) is 0 Å². The van der Waals surface area contributed by atoms with E-state index < -0.39 is 0 Å². The van der Waals surface area contributed by atoms with Crippen LogP contribution in [0.2, 0.25) is 0 Å². The van der Waals surface area contributed by atoms with Gasteiger partial charge in [-0.05, 0) is 54.0 Å². The van der Waals surface area contributed by atoms with Crippen molar-refractivity contribution in [3.63, 3.8) is 0 Å². The number of hydrogen-bond acceptors (Lipinski definition) is 3. The fourth-order valence-electron chi connectivity index (χ4n) is 2.02. The normalized spacial score (nSPS) is 15.2. The summed E-state index contributed by atoms with van der Waals surface area (Å²) in [5.41, 5.74) is 5.34. The molecule has 1 fully saturated rings. The van der Waals surface area contributed by atoms with Crippen LogP contribution in [0.4, 0.5) is 0 Å². The Morgan fingerprint density at radius 3 is 2.53 bits per heavy atom. The largest absolute Gasteiger partial charge is 0.294 e. The summed E-state index contributed by atoms with van der Waals surface area (Å²) >= 11 is 3.29. The van der Waals surface area contributed by atoms with Crippen LogP contribution in [-0.2, 0) is 4.79 Å². The van der Waals surface area contributed by atoms with E-state index >= 15 is 0 Å². The van der Waals surface area contributed by atoms with Gasteiger partial charge in [0.15, 0.2) is 0 Å². The second-order valence-corrected chi connectivity index (χ2v) is 5.32. The highest BCUT2D eigenvalue weighted by Crippen LogP contribution is 2.15. The molecule has 102 valence electrons. The van der Waals surface area contributed by atoms with Gasteiger partial charge in [-0.15, -0.1) is 0 Å². The van der Waals surface area contributed by atoms with Gasteiger partial charge in [0.1, 0.15) is 0 Å². The van der Waals surface area contributed by atoms with Crippen molar-refractivity contribution in [2.75, 3.05) is 19.6 Å². The van der Waals surface area contributed by atoms with Crippen molar-refractivity contribution >= 4 is 27.7 Å². The van der Waals surface area contributed by atoms with E-state index in [0.717, 1.165) is 25.9 Å². The molecule has 0 unspecified atom stereocenters. The highest BCUT2D eigenvalue weighted by atomic mass is 79.9. The fraction of sp³-hybridized carbons (Fsp3) is 0.385. The molecule has 1 saturated heterocycles. The van der Waals surface area contributed by atoms with E-state index in [2.05, 4.69) is 31.7 Å². The van der Waals surface area contributed by atoms with Crippen LogP contribution in [-0.4, -0.2) is 36.3 Å².